The fourth-order valence-corrected chi connectivity index (χ4v) is 2.07. The molecule has 0 aliphatic carbocycles. The minimum atomic E-state index is -0.0524. The highest BCUT2D eigenvalue weighted by Gasteiger charge is 2.19. The fourth-order valence-electron chi connectivity index (χ4n) is 1.71. The number of amides is 2. The van der Waals surface area contributed by atoms with E-state index in [0.717, 1.165) is 5.56 Å². The van der Waals surface area contributed by atoms with E-state index in [9.17, 15) is 9.59 Å². The maximum Gasteiger partial charge on any atom is 0.242 e. The van der Waals surface area contributed by atoms with E-state index in [1.807, 2.05) is 24.3 Å². The van der Waals surface area contributed by atoms with Crippen LogP contribution in [0.1, 0.15) is 12.0 Å². The van der Waals surface area contributed by atoms with E-state index in [2.05, 4.69) is 27.9 Å². The largest absolute Gasteiger partial charge is 0.347 e. The second-order valence-electron chi connectivity index (χ2n) is 3.97. The number of hydrogen-bond donors (Lipinski definition) is 1. The van der Waals surface area contributed by atoms with Gasteiger partial charge in [0.25, 0.3) is 0 Å². The van der Waals surface area contributed by atoms with Gasteiger partial charge in [-0.2, -0.15) is 0 Å². The molecule has 0 unspecified atom stereocenters. The van der Waals surface area contributed by atoms with Crippen LogP contribution >= 0.6 is 22.6 Å². The Balaban J connectivity index is 2.04. The summed E-state index contributed by atoms with van der Waals surface area (Å²) in [5.41, 5.74) is 1.09. The molecule has 5 heteroatoms. The lowest BCUT2D eigenvalue weighted by molar-refractivity contribution is -0.130. The number of nitrogens with zero attached hydrogens (tertiary/aromatic N) is 1. The van der Waals surface area contributed by atoms with E-state index in [1.165, 1.54) is 3.57 Å². The summed E-state index contributed by atoms with van der Waals surface area (Å²) < 4.78 is 1.17. The second-order valence-corrected chi connectivity index (χ2v) is 5.21. The summed E-state index contributed by atoms with van der Waals surface area (Å²) >= 11 is 2.25. The molecule has 17 heavy (non-hydrogen) atoms. The van der Waals surface area contributed by atoms with Gasteiger partial charge in [0.15, 0.2) is 0 Å². The quantitative estimate of drug-likeness (QED) is 0.818. The normalized spacial score (nSPS) is 16.6. The topological polar surface area (TPSA) is 49.4 Å². The van der Waals surface area contributed by atoms with Gasteiger partial charge in [0.2, 0.25) is 11.8 Å². The van der Waals surface area contributed by atoms with Crippen LogP contribution in [-0.4, -0.2) is 29.8 Å². The van der Waals surface area contributed by atoms with Gasteiger partial charge in [-0.15, -0.1) is 0 Å². The van der Waals surface area contributed by atoms with Gasteiger partial charge in [0.1, 0.15) is 0 Å². The Morgan fingerprint density at radius 1 is 1.24 bits per heavy atom. The minimum Gasteiger partial charge on any atom is -0.347 e. The first-order valence-electron chi connectivity index (χ1n) is 5.44. The third-order valence-electron chi connectivity index (χ3n) is 2.68. The zero-order valence-electron chi connectivity index (χ0n) is 9.28. The summed E-state index contributed by atoms with van der Waals surface area (Å²) in [6, 6.07) is 8.05. The van der Waals surface area contributed by atoms with Crippen molar-refractivity contribution in [2.75, 3.05) is 13.1 Å². The van der Waals surface area contributed by atoms with Gasteiger partial charge in [0.05, 0.1) is 6.54 Å². The third kappa shape index (κ3) is 3.42. The van der Waals surface area contributed by atoms with E-state index in [1.54, 1.807) is 4.90 Å². The lowest BCUT2D eigenvalue weighted by atomic mass is 10.2. The average Bonchev–Trinajstić information content (AvgIpc) is 2.47. The molecule has 90 valence electrons. The SMILES string of the molecule is O=C1CCN(Cc2ccc(I)cc2)C(=O)CN1. The molecule has 1 N–H and O–H groups in total. The number of rotatable bonds is 2. The molecule has 2 amide bonds. The predicted octanol–water partition coefficient (Wildman–Crippen LogP) is 1.14. The number of carbonyl (C=O) groups is 2. The molecule has 1 aliphatic rings. The third-order valence-corrected chi connectivity index (χ3v) is 3.40. The molecule has 4 nitrogen and oxygen atoms in total. The Morgan fingerprint density at radius 3 is 2.65 bits per heavy atom. The zero-order valence-corrected chi connectivity index (χ0v) is 11.4. The molecular weight excluding hydrogens is 331 g/mol. The molecule has 2 rings (SSSR count). The van der Waals surface area contributed by atoms with E-state index < -0.39 is 0 Å². The molecule has 1 aromatic carbocycles. The lowest BCUT2D eigenvalue weighted by Crippen LogP contribution is -2.34. The smallest absolute Gasteiger partial charge is 0.242 e. The average molecular weight is 344 g/mol. The Labute approximate surface area is 114 Å². The van der Waals surface area contributed by atoms with Crippen molar-refractivity contribution < 1.29 is 9.59 Å². The monoisotopic (exact) mass is 344 g/mol. The Hall–Kier alpha value is -1.11. The first kappa shape index (κ1) is 12.3. The number of benzene rings is 1. The molecule has 1 aromatic rings. The highest BCUT2D eigenvalue weighted by molar-refractivity contribution is 14.1. The molecule has 0 aromatic heterocycles. The van der Waals surface area contributed by atoms with Crippen LogP contribution in [0.4, 0.5) is 0 Å². The summed E-state index contributed by atoms with van der Waals surface area (Å²) in [6.07, 6.45) is 0.385. The number of nitrogens with one attached hydrogen (secondary N) is 1. The lowest BCUT2D eigenvalue weighted by Gasteiger charge is -2.19. The maximum atomic E-state index is 11.7. The minimum absolute atomic E-state index is 0.0191. The van der Waals surface area contributed by atoms with Crippen molar-refractivity contribution in [1.29, 1.82) is 0 Å². The van der Waals surface area contributed by atoms with Gasteiger partial charge < -0.3 is 10.2 Å². The van der Waals surface area contributed by atoms with Crippen LogP contribution in [0.15, 0.2) is 24.3 Å². The van der Waals surface area contributed by atoms with Crippen molar-refractivity contribution in [3.8, 4) is 0 Å². The molecule has 0 spiro atoms. The van der Waals surface area contributed by atoms with Crippen molar-refractivity contribution in [1.82, 2.24) is 10.2 Å². The maximum absolute atomic E-state index is 11.7. The van der Waals surface area contributed by atoms with E-state index in [0.29, 0.717) is 19.5 Å². The van der Waals surface area contributed by atoms with Gasteiger partial charge >= 0.3 is 0 Å². The van der Waals surface area contributed by atoms with Crippen LogP contribution in [0.5, 0.6) is 0 Å². The first-order valence-corrected chi connectivity index (χ1v) is 6.52. The summed E-state index contributed by atoms with van der Waals surface area (Å²) in [6.45, 7) is 1.19. The highest BCUT2D eigenvalue weighted by Crippen LogP contribution is 2.10. The van der Waals surface area contributed by atoms with Crippen LogP contribution in [0.2, 0.25) is 0 Å². The molecular formula is C12H13IN2O2. The Morgan fingerprint density at radius 2 is 1.94 bits per heavy atom. The van der Waals surface area contributed by atoms with Gasteiger partial charge in [-0.05, 0) is 40.3 Å². The summed E-state index contributed by atoms with van der Waals surface area (Å²) in [5, 5.41) is 2.59. The fraction of sp³-hybridized carbons (Fsp3) is 0.333. The summed E-state index contributed by atoms with van der Waals surface area (Å²) in [4.78, 5) is 24.6. The second kappa shape index (κ2) is 5.48. The molecule has 1 saturated heterocycles. The zero-order chi connectivity index (χ0) is 12.3. The van der Waals surface area contributed by atoms with Gasteiger partial charge in [-0.1, -0.05) is 12.1 Å². The van der Waals surface area contributed by atoms with Crippen LogP contribution in [0.3, 0.4) is 0 Å². The molecule has 0 radical (unpaired) electrons. The molecule has 0 bridgehead atoms. The first-order chi connectivity index (χ1) is 8.15. The molecule has 1 heterocycles. The van der Waals surface area contributed by atoms with Crippen molar-refractivity contribution >= 4 is 34.4 Å². The summed E-state index contributed by atoms with van der Waals surface area (Å²) in [7, 11) is 0. The summed E-state index contributed by atoms with van der Waals surface area (Å²) in [5.74, 6) is -0.0714. The Kier molecular flexibility index (Phi) is 3.98. The Bertz CT molecular complexity index is 431. The molecule has 1 aliphatic heterocycles. The van der Waals surface area contributed by atoms with Crippen molar-refractivity contribution in [2.45, 2.75) is 13.0 Å². The predicted molar refractivity (Wildman–Crippen MR) is 72.2 cm³/mol. The van der Waals surface area contributed by atoms with Gasteiger partial charge in [0, 0.05) is 23.1 Å². The van der Waals surface area contributed by atoms with Crippen LogP contribution < -0.4 is 5.32 Å². The van der Waals surface area contributed by atoms with Gasteiger partial charge in [-0.25, -0.2) is 0 Å². The van der Waals surface area contributed by atoms with Crippen molar-refractivity contribution in [3.05, 3.63) is 33.4 Å². The van der Waals surface area contributed by atoms with E-state index >= 15 is 0 Å². The number of carbonyl (C=O) groups excluding carboxylic acids is 2. The standard InChI is InChI=1S/C12H13IN2O2/c13-10-3-1-9(2-4-10)8-15-6-5-11(16)14-7-12(15)17/h1-4H,5-8H2,(H,14,16). The van der Waals surface area contributed by atoms with E-state index in [4.69, 9.17) is 0 Å². The number of hydrogen-bond acceptors (Lipinski definition) is 2. The molecule has 1 fully saturated rings. The van der Waals surface area contributed by atoms with E-state index in [-0.39, 0.29) is 18.4 Å². The molecule has 0 saturated carbocycles. The van der Waals surface area contributed by atoms with Crippen LogP contribution in [0.25, 0.3) is 0 Å². The van der Waals surface area contributed by atoms with Crippen LogP contribution in [0, 0.1) is 3.57 Å². The van der Waals surface area contributed by atoms with Crippen LogP contribution in [-0.2, 0) is 16.1 Å². The number of halogens is 1. The van der Waals surface area contributed by atoms with Crippen molar-refractivity contribution in [2.24, 2.45) is 0 Å². The van der Waals surface area contributed by atoms with Gasteiger partial charge in [-0.3, -0.25) is 9.59 Å². The van der Waals surface area contributed by atoms with Crippen molar-refractivity contribution in [3.63, 3.8) is 0 Å². The molecule has 0 atom stereocenters. The highest BCUT2D eigenvalue weighted by atomic mass is 127.